The molecule has 0 radical (unpaired) electrons. The number of hydrogen-bond donors (Lipinski definition) is 1. The van der Waals surface area contributed by atoms with E-state index in [2.05, 4.69) is 30.9 Å². The SMILES string of the molecule is COc1cc(Br)ccc1S(=O)(=O)Nc1noc2cc(Cn3cccn3)cc(OC)c12. The quantitative estimate of drug-likeness (QED) is 0.419. The number of sulfonamides is 1. The fourth-order valence-corrected chi connectivity index (χ4v) is 4.54. The van der Waals surface area contributed by atoms with Crippen LogP contribution in [0, 0.1) is 0 Å². The first-order valence-electron chi connectivity index (χ1n) is 8.71. The highest BCUT2D eigenvalue weighted by Gasteiger charge is 2.24. The third-order valence-corrected chi connectivity index (χ3v) is 6.24. The molecule has 2 heterocycles. The highest BCUT2D eigenvalue weighted by Crippen LogP contribution is 2.36. The molecule has 0 bridgehead atoms. The maximum atomic E-state index is 13.0. The average molecular weight is 493 g/mol. The molecule has 0 aliphatic carbocycles. The molecule has 0 spiro atoms. The van der Waals surface area contributed by atoms with E-state index in [4.69, 9.17) is 14.0 Å². The summed E-state index contributed by atoms with van der Waals surface area (Å²) < 4.78 is 46.9. The first-order valence-corrected chi connectivity index (χ1v) is 11.0. The topological polar surface area (TPSA) is 108 Å². The van der Waals surface area contributed by atoms with Crippen LogP contribution in [0.3, 0.4) is 0 Å². The van der Waals surface area contributed by atoms with Crippen LogP contribution in [0.25, 0.3) is 11.0 Å². The fraction of sp³-hybridized carbons (Fsp3) is 0.158. The molecule has 0 aliphatic rings. The molecular weight excluding hydrogens is 476 g/mol. The van der Waals surface area contributed by atoms with Crippen LogP contribution in [-0.4, -0.2) is 37.6 Å². The van der Waals surface area contributed by atoms with E-state index in [1.54, 1.807) is 35.1 Å². The van der Waals surface area contributed by atoms with Crippen LogP contribution in [-0.2, 0) is 16.6 Å². The third kappa shape index (κ3) is 3.85. The lowest BCUT2D eigenvalue weighted by Crippen LogP contribution is -2.14. The Balaban J connectivity index is 1.73. The second-order valence-corrected chi connectivity index (χ2v) is 8.87. The summed E-state index contributed by atoms with van der Waals surface area (Å²) in [6, 6.07) is 10.0. The van der Waals surface area contributed by atoms with Gasteiger partial charge in [0.15, 0.2) is 11.4 Å². The molecule has 2 aromatic carbocycles. The Kier molecular flexibility index (Phi) is 5.39. The smallest absolute Gasteiger partial charge is 0.266 e. The molecule has 156 valence electrons. The Morgan fingerprint density at radius 2 is 1.97 bits per heavy atom. The largest absolute Gasteiger partial charge is 0.496 e. The summed E-state index contributed by atoms with van der Waals surface area (Å²) in [7, 11) is -1.10. The number of rotatable bonds is 7. The number of hydrogen-bond acceptors (Lipinski definition) is 7. The number of nitrogens with zero attached hydrogens (tertiary/aromatic N) is 3. The van der Waals surface area contributed by atoms with Gasteiger partial charge in [-0.05, 0) is 42.0 Å². The molecule has 0 amide bonds. The van der Waals surface area contributed by atoms with Gasteiger partial charge >= 0.3 is 0 Å². The van der Waals surface area contributed by atoms with Crippen molar-refractivity contribution in [3.8, 4) is 11.5 Å². The summed E-state index contributed by atoms with van der Waals surface area (Å²) in [5, 5.41) is 8.51. The van der Waals surface area contributed by atoms with Crippen LogP contribution in [0.15, 0.2) is 62.7 Å². The fourth-order valence-electron chi connectivity index (χ4n) is 3.04. The van der Waals surface area contributed by atoms with Crippen molar-refractivity contribution in [2.75, 3.05) is 18.9 Å². The predicted molar refractivity (Wildman–Crippen MR) is 113 cm³/mol. The Bertz CT molecular complexity index is 1300. The summed E-state index contributed by atoms with van der Waals surface area (Å²) in [6.45, 7) is 0.497. The van der Waals surface area contributed by atoms with Crippen molar-refractivity contribution < 1.29 is 22.4 Å². The molecule has 0 atom stereocenters. The molecule has 4 rings (SSSR count). The van der Waals surface area contributed by atoms with Gasteiger partial charge in [0.2, 0.25) is 0 Å². The molecule has 2 aromatic heterocycles. The van der Waals surface area contributed by atoms with E-state index in [1.807, 2.05) is 12.3 Å². The molecule has 0 saturated carbocycles. The molecule has 0 fully saturated rings. The average Bonchev–Trinajstić information content (AvgIpc) is 3.37. The van der Waals surface area contributed by atoms with Gasteiger partial charge in [0.1, 0.15) is 21.8 Å². The third-order valence-electron chi connectivity index (χ3n) is 4.37. The zero-order valence-corrected chi connectivity index (χ0v) is 18.4. The van der Waals surface area contributed by atoms with E-state index in [0.29, 0.717) is 27.7 Å². The van der Waals surface area contributed by atoms with E-state index in [9.17, 15) is 8.42 Å². The van der Waals surface area contributed by atoms with Gasteiger partial charge in [-0.25, -0.2) is 8.42 Å². The standard InChI is InChI=1S/C19H17BrN4O5S/c1-27-14-10-13(20)4-5-17(14)30(25,26)23-19-18-15(28-2)8-12(9-16(18)29-22-19)11-24-7-3-6-21-24/h3-10H,11H2,1-2H3,(H,22,23). The summed E-state index contributed by atoms with van der Waals surface area (Å²) >= 11 is 3.30. The van der Waals surface area contributed by atoms with Crippen molar-refractivity contribution in [2.24, 2.45) is 0 Å². The maximum absolute atomic E-state index is 13.0. The monoisotopic (exact) mass is 492 g/mol. The number of halogens is 1. The van der Waals surface area contributed by atoms with Crippen molar-refractivity contribution >= 4 is 42.7 Å². The first kappa shape index (κ1) is 20.2. The van der Waals surface area contributed by atoms with E-state index in [-0.39, 0.29) is 16.5 Å². The van der Waals surface area contributed by atoms with Gasteiger partial charge in [0.05, 0.1) is 20.8 Å². The molecule has 30 heavy (non-hydrogen) atoms. The Morgan fingerprint density at radius 3 is 2.67 bits per heavy atom. The van der Waals surface area contributed by atoms with Gasteiger partial charge in [0.25, 0.3) is 10.0 Å². The van der Waals surface area contributed by atoms with E-state index in [0.717, 1.165) is 5.56 Å². The summed E-state index contributed by atoms with van der Waals surface area (Å²) in [5.74, 6) is 0.645. The van der Waals surface area contributed by atoms with Gasteiger partial charge < -0.3 is 14.0 Å². The van der Waals surface area contributed by atoms with Crippen LogP contribution in [0.1, 0.15) is 5.56 Å². The van der Waals surface area contributed by atoms with Crippen molar-refractivity contribution in [2.45, 2.75) is 11.4 Å². The predicted octanol–water partition coefficient (Wildman–Crippen LogP) is 3.65. The summed E-state index contributed by atoms with van der Waals surface area (Å²) in [5.41, 5.74) is 1.25. The highest BCUT2D eigenvalue weighted by molar-refractivity contribution is 9.10. The van der Waals surface area contributed by atoms with Gasteiger partial charge in [-0.2, -0.15) is 5.10 Å². The van der Waals surface area contributed by atoms with Crippen LogP contribution in [0.4, 0.5) is 5.82 Å². The highest BCUT2D eigenvalue weighted by atomic mass is 79.9. The zero-order chi connectivity index (χ0) is 21.3. The van der Waals surface area contributed by atoms with Gasteiger partial charge in [-0.1, -0.05) is 21.1 Å². The second kappa shape index (κ2) is 8.00. The first-order chi connectivity index (χ1) is 14.4. The van der Waals surface area contributed by atoms with E-state index < -0.39 is 10.0 Å². The minimum atomic E-state index is -4.00. The summed E-state index contributed by atoms with van der Waals surface area (Å²) in [6.07, 6.45) is 3.52. The Labute approximate surface area is 180 Å². The molecular formula is C19H17BrN4O5S. The normalized spacial score (nSPS) is 11.6. The number of nitrogens with one attached hydrogen (secondary N) is 1. The minimum Gasteiger partial charge on any atom is -0.496 e. The van der Waals surface area contributed by atoms with Gasteiger partial charge in [-0.15, -0.1) is 0 Å². The second-order valence-electron chi connectivity index (χ2n) is 6.31. The molecule has 0 unspecified atom stereocenters. The number of ether oxygens (including phenoxy) is 2. The van der Waals surface area contributed by atoms with Crippen LogP contribution >= 0.6 is 15.9 Å². The number of anilines is 1. The number of fused-ring (bicyclic) bond motifs is 1. The zero-order valence-electron chi connectivity index (χ0n) is 16.0. The number of benzene rings is 2. The van der Waals surface area contributed by atoms with Crippen molar-refractivity contribution in [1.29, 1.82) is 0 Å². The Morgan fingerprint density at radius 1 is 1.17 bits per heavy atom. The maximum Gasteiger partial charge on any atom is 0.266 e. The summed E-state index contributed by atoms with van der Waals surface area (Å²) in [4.78, 5) is -0.0291. The lowest BCUT2D eigenvalue weighted by molar-refractivity contribution is 0.402. The van der Waals surface area contributed by atoms with E-state index in [1.165, 1.54) is 20.3 Å². The van der Waals surface area contributed by atoms with Crippen LogP contribution in [0.2, 0.25) is 0 Å². The molecule has 0 aliphatic heterocycles. The number of aromatic nitrogens is 3. The number of methoxy groups -OCH3 is 2. The van der Waals surface area contributed by atoms with Crippen LogP contribution in [0.5, 0.6) is 11.5 Å². The van der Waals surface area contributed by atoms with Crippen molar-refractivity contribution in [3.63, 3.8) is 0 Å². The molecule has 11 heteroatoms. The van der Waals surface area contributed by atoms with Gasteiger partial charge in [-0.3, -0.25) is 9.40 Å². The Hall–Kier alpha value is -3.05. The molecule has 9 nitrogen and oxygen atoms in total. The molecule has 0 saturated heterocycles. The van der Waals surface area contributed by atoms with Crippen LogP contribution < -0.4 is 14.2 Å². The van der Waals surface area contributed by atoms with Crippen molar-refractivity contribution in [1.82, 2.24) is 14.9 Å². The van der Waals surface area contributed by atoms with Crippen molar-refractivity contribution in [3.05, 3.63) is 58.8 Å². The minimum absolute atomic E-state index is 0.0254. The van der Waals surface area contributed by atoms with E-state index >= 15 is 0 Å². The lowest BCUT2D eigenvalue weighted by atomic mass is 10.1. The molecule has 4 aromatic rings. The van der Waals surface area contributed by atoms with Gasteiger partial charge in [0, 0.05) is 16.9 Å². The lowest BCUT2D eigenvalue weighted by Gasteiger charge is -2.11. The molecule has 1 N–H and O–H groups in total.